The van der Waals surface area contributed by atoms with Crippen LogP contribution in [0.1, 0.15) is 12.5 Å². The molecule has 0 saturated heterocycles. The lowest BCUT2D eigenvalue weighted by Crippen LogP contribution is -1.96. The number of nitrogens with zero attached hydrogens (tertiary/aromatic N) is 1. The van der Waals surface area contributed by atoms with E-state index in [1.165, 1.54) is 0 Å². The van der Waals surface area contributed by atoms with Crippen molar-refractivity contribution < 1.29 is 9.47 Å². The molecule has 0 radical (unpaired) electrons. The fraction of sp³-hybridized carbons (Fsp3) is 0.300. The van der Waals surface area contributed by atoms with Crippen LogP contribution >= 0.6 is 0 Å². The van der Waals surface area contributed by atoms with Crippen LogP contribution in [-0.2, 0) is 0 Å². The van der Waals surface area contributed by atoms with Gasteiger partial charge in [-0.15, -0.1) is 0 Å². The van der Waals surface area contributed by atoms with Gasteiger partial charge in [0.25, 0.3) is 0 Å². The van der Waals surface area contributed by atoms with E-state index in [-0.39, 0.29) is 0 Å². The van der Waals surface area contributed by atoms with Crippen LogP contribution in [0.4, 0.5) is 0 Å². The molecule has 0 aromatic carbocycles. The van der Waals surface area contributed by atoms with E-state index in [1.54, 1.807) is 26.5 Å². The van der Waals surface area contributed by atoms with Crippen molar-refractivity contribution in [2.75, 3.05) is 14.2 Å². The van der Waals surface area contributed by atoms with Crippen LogP contribution in [0, 0.1) is 0 Å². The second kappa shape index (κ2) is 3.94. The first-order chi connectivity index (χ1) is 6.20. The second-order valence-corrected chi connectivity index (χ2v) is 2.68. The molecular weight excluding hydrogens is 166 g/mol. The summed E-state index contributed by atoms with van der Waals surface area (Å²) in [7, 11) is 3.19. The number of rotatable bonds is 3. The van der Waals surface area contributed by atoms with E-state index in [0.29, 0.717) is 5.88 Å². The molecule has 0 bridgehead atoms. The van der Waals surface area contributed by atoms with Crippen LogP contribution in [0.3, 0.4) is 0 Å². The van der Waals surface area contributed by atoms with Gasteiger partial charge in [-0.05, 0) is 18.6 Å². The first-order valence-corrected chi connectivity index (χ1v) is 3.93. The van der Waals surface area contributed by atoms with Crippen molar-refractivity contribution in [1.82, 2.24) is 4.98 Å². The Balaban J connectivity index is 3.29. The van der Waals surface area contributed by atoms with Gasteiger partial charge in [-0.25, -0.2) is 4.98 Å². The number of aromatic nitrogens is 1. The average molecular weight is 179 g/mol. The fourth-order valence-corrected chi connectivity index (χ4v) is 1.14. The van der Waals surface area contributed by atoms with E-state index < -0.39 is 0 Å². The van der Waals surface area contributed by atoms with Gasteiger partial charge >= 0.3 is 0 Å². The Bertz CT molecular complexity index is 298. The number of hydrogen-bond donors (Lipinski definition) is 0. The molecule has 0 fully saturated rings. The SMILES string of the molecule is C=C(C)c1c(OC)ccnc1OC. The molecule has 0 aliphatic carbocycles. The lowest BCUT2D eigenvalue weighted by Gasteiger charge is -2.10. The maximum atomic E-state index is 5.17. The molecule has 1 rings (SSSR count). The molecule has 0 saturated carbocycles. The summed E-state index contributed by atoms with van der Waals surface area (Å²) >= 11 is 0. The van der Waals surface area contributed by atoms with Gasteiger partial charge in [0.05, 0.1) is 19.8 Å². The normalized spacial score (nSPS) is 9.46. The maximum absolute atomic E-state index is 5.17. The number of ether oxygens (including phenoxy) is 2. The van der Waals surface area contributed by atoms with Crippen molar-refractivity contribution >= 4 is 5.57 Å². The van der Waals surface area contributed by atoms with E-state index in [0.717, 1.165) is 16.9 Å². The van der Waals surface area contributed by atoms with Gasteiger partial charge in [-0.3, -0.25) is 0 Å². The third-order valence-electron chi connectivity index (χ3n) is 1.72. The summed E-state index contributed by atoms with van der Waals surface area (Å²) in [5, 5.41) is 0. The minimum absolute atomic E-state index is 0.548. The minimum Gasteiger partial charge on any atom is -0.496 e. The summed E-state index contributed by atoms with van der Waals surface area (Å²) in [6, 6.07) is 1.78. The summed E-state index contributed by atoms with van der Waals surface area (Å²) < 4.78 is 10.3. The van der Waals surface area contributed by atoms with Crippen LogP contribution in [0.2, 0.25) is 0 Å². The fourth-order valence-electron chi connectivity index (χ4n) is 1.14. The summed E-state index contributed by atoms with van der Waals surface area (Å²) in [6.07, 6.45) is 1.64. The molecule has 1 aromatic heterocycles. The highest BCUT2D eigenvalue weighted by atomic mass is 16.5. The Hall–Kier alpha value is -1.51. The number of hydrogen-bond acceptors (Lipinski definition) is 3. The molecule has 3 nitrogen and oxygen atoms in total. The smallest absolute Gasteiger partial charge is 0.224 e. The van der Waals surface area contributed by atoms with Crippen LogP contribution in [0.15, 0.2) is 18.8 Å². The molecule has 0 amide bonds. The zero-order valence-corrected chi connectivity index (χ0v) is 8.13. The molecule has 1 aromatic rings. The summed E-state index contributed by atoms with van der Waals surface area (Å²) in [5.41, 5.74) is 1.70. The van der Waals surface area contributed by atoms with Crippen molar-refractivity contribution in [3.63, 3.8) is 0 Å². The van der Waals surface area contributed by atoms with Crippen molar-refractivity contribution in [3.05, 3.63) is 24.4 Å². The predicted octanol–water partition coefficient (Wildman–Crippen LogP) is 2.13. The lowest BCUT2D eigenvalue weighted by molar-refractivity contribution is 0.380. The zero-order valence-electron chi connectivity index (χ0n) is 8.13. The Morgan fingerprint density at radius 2 is 2.08 bits per heavy atom. The summed E-state index contributed by atoms with van der Waals surface area (Å²) in [5.74, 6) is 1.28. The molecule has 0 N–H and O–H groups in total. The molecule has 0 aliphatic rings. The third kappa shape index (κ3) is 1.80. The standard InChI is InChI=1S/C10H13NO2/c1-7(2)9-8(12-3)5-6-11-10(9)13-4/h5-6H,1H2,2-4H3. The van der Waals surface area contributed by atoms with Crippen LogP contribution in [-0.4, -0.2) is 19.2 Å². The molecule has 0 spiro atoms. The van der Waals surface area contributed by atoms with E-state index in [4.69, 9.17) is 9.47 Å². The predicted molar refractivity (Wildman–Crippen MR) is 52.0 cm³/mol. The summed E-state index contributed by atoms with van der Waals surface area (Å²) in [4.78, 5) is 4.06. The Kier molecular flexibility index (Phi) is 2.90. The van der Waals surface area contributed by atoms with Gasteiger partial charge in [0.2, 0.25) is 5.88 Å². The monoisotopic (exact) mass is 179 g/mol. The van der Waals surface area contributed by atoms with Gasteiger partial charge < -0.3 is 9.47 Å². The van der Waals surface area contributed by atoms with Crippen LogP contribution in [0.25, 0.3) is 5.57 Å². The molecule has 13 heavy (non-hydrogen) atoms. The molecule has 0 atom stereocenters. The van der Waals surface area contributed by atoms with E-state index in [2.05, 4.69) is 11.6 Å². The number of allylic oxidation sites excluding steroid dienone is 1. The van der Waals surface area contributed by atoms with Crippen molar-refractivity contribution in [3.8, 4) is 11.6 Å². The first kappa shape index (κ1) is 9.58. The van der Waals surface area contributed by atoms with Crippen molar-refractivity contribution in [1.29, 1.82) is 0 Å². The lowest BCUT2D eigenvalue weighted by atomic mass is 10.1. The van der Waals surface area contributed by atoms with Crippen molar-refractivity contribution in [2.45, 2.75) is 6.92 Å². The third-order valence-corrected chi connectivity index (χ3v) is 1.72. The van der Waals surface area contributed by atoms with Crippen LogP contribution < -0.4 is 9.47 Å². The highest BCUT2D eigenvalue weighted by Crippen LogP contribution is 2.31. The quantitative estimate of drug-likeness (QED) is 0.712. The number of pyridine rings is 1. The largest absolute Gasteiger partial charge is 0.496 e. The second-order valence-electron chi connectivity index (χ2n) is 2.68. The topological polar surface area (TPSA) is 31.4 Å². The minimum atomic E-state index is 0.548. The van der Waals surface area contributed by atoms with Crippen LogP contribution in [0.5, 0.6) is 11.6 Å². The van der Waals surface area contributed by atoms with E-state index in [1.807, 2.05) is 6.92 Å². The molecule has 1 heterocycles. The van der Waals surface area contributed by atoms with Gasteiger partial charge in [0.1, 0.15) is 5.75 Å². The van der Waals surface area contributed by atoms with Gasteiger partial charge in [0.15, 0.2) is 0 Å². The van der Waals surface area contributed by atoms with Gasteiger partial charge in [-0.2, -0.15) is 0 Å². The highest BCUT2D eigenvalue weighted by molar-refractivity contribution is 5.70. The average Bonchev–Trinajstić information content (AvgIpc) is 2.16. The Morgan fingerprint density at radius 1 is 1.38 bits per heavy atom. The zero-order chi connectivity index (χ0) is 9.84. The highest BCUT2D eigenvalue weighted by Gasteiger charge is 2.10. The first-order valence-electron chi connectivity index (χ1n) is 3.93. The molecule has 0 unspecified atom stereocenters. The Morgan fingerprint density at radius 3 is 2.54 bits per heavy atom. The van der Waals surface area contributed by atoms with Gasteiger partial charge in [0, 0.05) is 6.20 Å². The molecule has 3 heteroatoms. The molecular formula is C10H13NO2. The maximum Gasteiger partial charge on any atom is 0.224 e. The van der Waals surface area contributed by atoms with Gasteiger partial charge in [-0.1, -0.05) is 6.58 Å². The summed E-state index contributed by atoms with van der Waals surface area (Å²) in [6.45, 7) is 5.73. The van der Waals surface area contributed by atoms with E-state index >= 15 is 0 Å². The Labute approximate surface area is 78.0 Å². The number of methoxy groups -OCH3 is 2. The van der Waals surface area contributed by atoms with Crippen molar-refractivity contribution in [2.24, 2.45) is 0 Å². The molecule has 0 aliphatic heterocycles. The molecule has 70 valence electrons. The van der Waals surface area contributed by atoms with E-state index in [9.17, 15) is 0 Å².